The van der Waals surface area contributed by atoms with E-state index in [1.165, 1.54) is 11.4 Å². The minimum Gasteiger partial charge on any atom is -0.453 e. The third-order valence-corrected chi connectivity index (χ3v) is 8.86. The van der Waals surface area contributed by atoms with E-state index in [1.54, 1.807) is 36.3 Å². The molecule has 2 aliphatic heterocycles. The molecule has 0 spiro atoms. The van der Waals surface area contributed by atoms with Gasteiger partial charge in [0.05, 0.1) is 18.0 Å². The maximum absolute atomic E-state index is 13.6. The van der Waals surface area contributed by atoms with Gasteiger partial charge in [0, 0.05) is 26.1 Å². The van der Waals surface area contributed by atoms with Crippen molar-refractivity contribution in [1.82, 2.24) is 9.21 Å². The van der Waals surface area contributed by atoms with E-state index in [0.717, 1.165) is 12.0 Å². The number of rotatable bonds is 4. The summed E-state index contributed by atoms with van der Waals surface area (Å²) in [5.41, 5.74) is -0.0570. The van der Waals surface area contributed by atoms with Gasteiger partial charge in [-0.15, -0.1) is 6.58 Å². The van der Waals surface area contributed by atoms with E-state index in [-0.39, 0.29) is 22.6 Å². The van der Waals surface area contributed by atoms with E-state index in [1.807, 2.05) is 13.0 Å². The molecule has 1 aromatic rings. The Morgan fingerprint density at radius 2 is 1.97 bits per heavy atom. The highest BCUT2D eigenvalue weighted by Gasteiger charge is 2.69. The van der Waals surface area contributed by atoms with Crippen molar-refractivity contribution >= 4 is 16.1 Å². The third-order valence-electron chi connectivity index (χ3n) is 6.97. The van der Waals surface area contributed by atoms with Crippen molar-refractivity contribution in [3.8, 4) is 0 Å². The van der Waals surface area contributed by atoms with Gasteiger partial charge in [-0.3, -0.25) is 4.90 Å². The zero-order valence-corrected chi connectivity index (χ0v) is 17.9. The second-order valence-corrected chi connectivity index (χ2v) is 10.1. The second kappa shape index (κ2) is 7.11. The highest BCUT2D eigenvalue weighted by molar-refractivity contribution is 7.89. The minimum atomic E-state index is -3.77. The summed E-state index contributed by atoms with van der Waals surface area (Å²) in [7, 11) is -0.870. The fourth-order valence-electron chi connectivity index (χ4n) is 5.76. The molecule has 4 bridgehead atoms. The van der Waals surface area contributed by atoms with Crippen LogP contribution in [0.25, 0.3) is 0 Å². The van der Waals surface area contributed by atoms with Crippen molar-refractivity contribution in [2.45, 2.75) is 36.4 Å². The molecule has 2 saturated heterocycles. The monoisotopic (exact) mass is 420 g/mol. The van der Waals surface area contributed by atoms with Gasteiger partial charge in [0.1, 0.15) is 0 Å². The zero-order chi connectivity index (χ0) is 21.0. The molecule has 7 nitrogen and oxygen atoms in total. The van der Waals surface area contributed by atoms with E-state index < -0.39 is 27.9 Å². The first-order chi connectivity index (χ1) is 13.8. The van der Waals surface area contributed by atoms with Crippen LogP contribution in [0, 0.1) is 24.7 Å². The Labute approximate surface area is 172 Å². The number of nitrogens with zero attached hydrogens (tertiary/aromatic N) is 2. The van der Waals surface area contributed by atoms with Gasteiger partial charge in [0.25, 0.3) is 0 Å². The fraction of sp³-hybridized carbons (Fsp3) is 0.571. The van der Waals surface area contributed by atoms with Crippen LogP contribution in [-0.2, 0) is 19.5 Å². The van der Waals surface area contributed by atoms with Gasteiger partial charge < -0.3 is 9.47 Å². The molecule has 0 aromatic heterocycles. The third kappa shape index (κ3) is 2.76. The van der Waals surface area contributed by atoms with Gasteiger partial charge >= 0.3 is 6.09 Å². The average molecular weight is 421 g/mol. The van der Waals surface area contributed by atoms with Crippen LogP contribution in [0.3, 0.4) is 0 Å². The highest BCUT2D eigenvalue weighted by atomic mass is 32.2. The summed E-state index contributed by atoms with van der Waals surface area (Å²) < 4.78 is 39.9. The van der Waals surface area contributed by atoms with Gasteiger partial charge in [0.2, 0.25) is 10.0 Å². The largest absolute Gasteiger partial charge is 0.453 e. The summed E-state index contributed by atoms with van der Waals surface area (Å²) in [6, 6.07) is 6.32. The summed E-state index contributed by atoms with van der Waals surface area (Å²) in [5.74, 6) is 0.182. The first-order valence-electron chi connectivity index (χ1n) is 9.93. The molecule has 0 radical (unpaired) electrons. The molecule has 3 aliphatic rings. The lowest BCUT2D eigenvalue weighted by molar-refractivity contribution is -0.202. The van der Waals surface area contributed by atoms with E-state index in [2.05, 4.69) is 6.58 Å². The second-order valence-electron chi connectivity index (χ2n) is 8.20. The van der Waals surface area contributed by atoms with Crippen molar-refractivity contribution in [2.24, 2.45) is 17.8 Å². The number of benzene rings is 1. The number of likely N-dealkylation sites (tertiary alicyclic amines) is 1. The van der Waals surface area contributed by atoms with E-state index in [9.17, 15) is 13.2 Å². The molecule has 4 rings (SSSR count). The molecule has 2 heterocycles. The lowest BCUT2D eigenvalue weighted by Gasteiger charge is -2.57. The summed E-state index contributed by atoms with van der Waals surface area (Å²) in [6.45, 7) is 6.79. The van der Waals surface area contributed by atoms with Gasteiger partial charge in [-0.2, -0.15) is 4.31 Å². The molecule has 3 fully saturated rings. The number of hydrogen-bond acceptors (Lipinski definition) is 5. The van der Waals surface area contributed by atoms with Crippen molar-refractivity contribution in [3.05, 3.63) is 42.5 Å². The molecule has 29 heavy (non-hydrogen) atoms. The normalized spacial score (nSPS) is 34.1. The quantitative estimate of drug-likeness (QED) is 0.700. The lowest BCUT2D eigenvalue weighted by atomic mass is 9.65. The van der Waals surface area contributed by atoms with Crippen molar-refractivity contribution in [1.29, 1.82) is 0 Å². The maximum atomic E-state index is 13.6. The molecule has 158 valence electrons. The van der Waals surface area contributed by atoms with Crippen LogP contribution in [0.15, 0.2) is 41.8 Å². The van der Waals surface area contributed by atoms with Crippen LogP contribution >= 0.6 is 0 Å². The first kappa shape index (κ1) is 20.4. The zero-order valence-electron chi connectivity index (χ0n) is 17.1. The Kier molecular flexibility index (Phi) is 4.99. The molecular formula is C21H28N2O5S. The number of hydrogen-bond donors (Lipinski definition) is 0. The predicted octanol–water partition coefficient (Wildman–Crippen LogP) is 2.62. The SMILES string of the molecule is C=CC1C[C@H]2CN(C(=O)OC)[C@@]3(OC)[C@@H]2CCN(S(=O)(=O)c2ccc(C)cc2)[C@@H]13. The van der Waals surface area contributed by atoms with Crippen molar-refractivity contribution in [2.75, 3.05) is 27.3 Å². The molecule has 5 atom stereocenters. The molecule has 8 heteroatoms. The minimum absolute atomic E-state index is 0.0669. The van der Waals surface area contributed by atoms with Crippen LogP contribution in [0.5, 0.6) is 0 Å². The molecule has 1 amide bonds. The maximum Gasteiger partial charge on any atom is 0.411 e. The van der Waals surface area contributed by atoms with Crippen LogP contribution in [-0.4, -0.2) is 62.8 Å². The van der Waals surface area contributed by atoms with Crippen molar-refractivity contribution < 1.29 is 22.7 Å². The van der Waals surface area contributed by atoms with Crippen LogP contribution in [0.1, 0.15) is 18.4 Å². The lowest BCUT2D eigenvalue weighted by Crippen LogP contribution is -2.72. The Morgan fingerprint density at radius 1 is 1.28 bits per heavy atom. The van der Waals surface area contributed by atoms with Crippen LogP contribution < -0.4 is 0 Å². The molecule has 0 N–H and O–H groups in total. The number of sulfonamides is 1. The van der Waals surface area contributed by atoms with E-state index in [4.69, 9.17) is 9.47 Å². The number of amides is 1. The van der Waals surface area contributed by atoms with Gasteiger partial charge in [0.15, 0.2) is 5.72 Å². The van der Waals surface area contributed by atoms with Crippen LogP contribution in [0.2, 0.25) is 0 Å². The van der Waals surface area contributed by atoms with Gasteiger partial charge in [-0.25, -0.2) is 13.2 Å². The average Bonchev–Trinajstić information content (AvgIpc) is 2.96. The molecule has 1 unspecified atom stereocenters. The Hall–Kier alpha value is -1.90. The summed E-state index contributed by atoms with van der Waals surface area (Å²) >= 11 is 0. The summed E-state index contributed by atoms with van der Waals surface area (Å²) in [6.07, 6.45) is 2.74. The van der Waals surface area contributed by atoms with Crippen LogP contribution in [0.4, 0.5) is 4.79 Å². The molecule has 1 aromatic carbocycles. The number of carbonyl (C=O) groups is 1. The Bertz CT molecular complexity index is 916. The Balaban J connectivity index is 1.85. The first-order valence-corrected chi connectivity index (χ1v) is 11.4. The van der Waals surface area contributed by atoms with Gasteiger partial charge in [-0.1, -0.05) is 23.8 Å². The smallest absolute Gasteiger partial charge is 0.411 e. The predicted molar refractivity (Wildman–Crippen MR) is 108 cm³/mol. The van der Waals surface area contributed by atoms with E-state index in [0.29, 0.717) is 19.5 Å². The molecule has 1 aliphatic carbocycles. The number of piperidine rings is 1. The standard InChI is InChI=1S/C21H28N2O5S/c1-5-15-12-16-13-22(20(24)27-3)21(28-4)18(16)10-11-23(19(15)21)29(25,26)17-8-6-14(2)7-9-17/h5-9,15-16,18-19H,1,10-13H2,2-4H3/t15?,16-,18+,19-,21+/m0/s1. The van der Waals surface area contributed by atoms with Gasteiger partial charge in [-0.05, 0) is 43.7 Å². The number of carbonyl (C=O) groups excluding carboxylic acids is 1. The number of methoxy groups -OCH3 is 2. The number of ether oxygens (including phenoxy) is 2. The van der Waals surface area contributed by atoms with E-state index >= 15 is 0 Å². The summed E-state index contributed by atoms with van der Waals surface area (Å²) in [5, 5.41) is 0. The van der Waals surface area contributed by atoms with Crippen molar-refractivity contribution in [3.63, 3.8) is 0 Å². The molecule has 1 saturated carbocycles. The number of aryl methyl sites for hydroxylation is 1. The topological polar surface area (TPSA) is 76.2 Å². The Morgan fingerprint density at radius 3 is 2.55 bits per heavy atom. The molecular weight excluding hydrogens is 392 g/mol. The summed E-state index contributed by atoms with van der Waals surface area (Å²) in [4.78, 5) is 14.5. The highest BCUT2D eigenvalue weighted by Crippen LogP contribution is 2.57. The fourth-order valence-corrected chi connectivity index (χ4v) is 7.47.